The van der Waals surface area contributed by atoms with Crippen molar-refractivity contribution in [2.24, 2.45) is 4.36 Å². The van der Waals surface area contributed by atoms with Crippen LogP contribution < -0.4 is 4.74 Å². The van der Waals surface area contributed by atoms with Crippen molar-refractivity contribution in [3.63, 3.8) is 0 Å². The second-order valence-corrected chi connectivity index (χ2v) is 11.3. The number of hydrogen-bond donors (Lipinski definition) is 1. The number of aliphatic carboxylic acids is 1. The van der Waals surface area contributed by atoms with E-state index in [9.17, 15) is 9.90 Å². The molecule has 0 amide bonds. The summed E-state index contributed by atoms with van der Waals surface area (Å²) in [6.45, 7) is 0.361. The molecule has 0 spiro atoms. The summed E-state index contributed by atoms with van der Waals surface area (Å²) in [6.07, 6.45) is 1.03. The standard InChI is InChI=1S/C31H30N2O4S/c1-37-27-19-21-28(22-20-27)38(36,33-23-11-18-29(33)30(34)35)32-31(24-12-5-2-6-13-24,25-14-7-3-8-15-25)26-16-9-4-10-17-26/h2-10,12-17,19-22,29H,11,18,23H2,1H3,(H,34,35)/t29-,38?/m0/s1. The van der Waals surface area contributed by atoms with Gasteiger partial charge in [-0.25, -0.2) is 4.21 Å². The third-order valence-electron chi connectivity index (χ3n) is 7.01. The van der Waals surface area contributed by atoms with Crippen molar-refractivity contribution >= 4 is 15.9 Å². The zero-order chi connectivity index (χ0) is 26.6. The van der Waals surface area contributed by atoms with Gasteiger partial charge in [-0.05, 0) is 53.8 Å². The van der Waals surface area contributed by atoms with Crippen LogP contribution in [0.15, 0.2) is 125 Å². The van der Waals surface area contributed by atoms with Crippen molar-refractivity contribution in [3.05, 3.63) is 132 Å². The van der Waals surface area contributed by atoms with Crippen molar-refractivity contribution < 1.29 is 18.8 Å². The summed E-state index contributed by atoms with van der Waals surface area (Å²) in [5.41, 5.74) is 1.34. The van der Waals surface area contributed by atoms with E-state index in [2.05, 4.69) is 0 Å². The molecule has 0 aromatic heterocycles. The largest absolute Gasteiger partial charge is 0.497 e. The number of rotatable bonds is 8. The quantitative estimate of drug-likeness (QED) is 0.287. The Hall–Kier alpha value is -3.94. The van der Waals surface area contributed by atoms with Crippen LogP contribution in [0.2, 0.25) is 0 Å². The Morgan fingerprint density at radius 3 is 1.74 bits per heavy atom. The van der Waals surface area contributed by atoms with Crippen LogP contribution >= 0.6 is 0 Å². The molecule has 1 N–H and O–H groups in total. The number of hydrogen-bond acceptors (Lipinski definition) is 4. The van der Waals surface area contributed by atoms with E-state index >= 15 is 4.21 Å². The SMILES string of the molecule is COc1ccc(S(=O)(=NC(c2ccccc2)(c2ccccc2)c2ccccc2)N2CCC[C@H]2C(=O)O)cc1. The monoisotopic (exact) mass is 526 g/mol. The van der Waals surface area contributed by atoms with Crippen LogP contribution in [0.1, 0.15) is 29.5 Å². The molecule has 7 heteroatoms. The normalized spacial score (nSPS) is 17.4. The summed E-state index contributed by atoms with van der Waals surface area (Å²) < 4.78 is 27.8. The van der Waals surface area contributed by atoms with E-state index in [0.29, 0.717) is 30.0 Å². The molecule has 0 aliphatic carbocycles. The van der Waals surface area contributed by atoms with Gasteiger partial charge < -0.3 is 9.84 Å². The lowest BCUT2D eigenvalue weighted by molar-refractivity contribution is -0.140. The molecule has 1 fully saturated rings. The van der Waals surface area contributed by atoms with Gasteiger partial charge in [-0.15, -0.1) is 0 Å². The Kier molecular flexibility index (Phi) is 7.31. The van der Waals surface area contributed by atoms with Crippen LogP contribution in [0.3, 0.4) is 0 Å². The van der Waals surface area contributed by atoms with Gasteiger partial charge in [0.15, 0.2) is 0 Å². The molecule has 1 aliphatic rings. The highest BCUT2D eigenvalue weighted by atomic mass is 32.2. The summed E-state index contributed by atoms with van der Waals surface area (Å²) in [5, 5.41) is 10.1. The third kappa shape index (κ3) is 4.59. The van der Waals surface area contributed by atoms with Crippen LogP contribution in [-0.2, 0) is 20.2 Å². The van der Waals surface area contributed by atoms with E-state index in [4.69, 9.17) is 9.10 Å². The van der Waals surface area contributed by atoms with Gasteiger partial charge in [0.25, 0.3) is 0 Å². The predicted molar refractivity (Wildman–Crippen MR) is 148 cm³/mol. The maximum absolute atomic E-state index is 15.5. The Bertz CT molecular complexity index is 1400. The zero-order valence-electron chi connectivity index (χ0n) is 21.1. The fourth-order valence-electron chi connectivity index (χ4n) is 5.16. The van der Waals surface area contributed by atoms with Crippen molar-refractivity contribution in [3.8, 4) is 5.75 Å². The van der Waals surface area contributed by atoms with E-state index in [-0.39, 0.29) is 0 Å². The molecule has 1 saturated heterocycles. The Balaban J connectivity index is 1.92. The summed E-state index contributed by atoms with van der Waals surface area (Å²) in [7, 11) is -1.87. The highest BCUT2D eigenvalue weighted by Gasteiger charge is 2.43. The number of nitrogens with zero attached hydrogens (tertiary/aromatic N) is 2. The van der Waals surface area contributed by atoms with Crippen LogP contribution in [0, 0.1) is 0 Å². The molecule has 0 bridgehead atoms. The van der Waals surface area contributed by atoms with E-state index in [0.717, 1.165) is 16.7 Å². The highest BCUT2D eigenvalue weighted by Crippen LogP contribution is 2.44. The van der Waals surface area contributed by atoms with E-state index in [1.54, 1.807) is 35.7 Å². The molecule has 4 aromatic carbocycles. The second kappa shape index (κ2) is 10.8. The van der Waals surface area contributed by atoms with E-state index in [1.165, 1.54) is 0 Å². The van der Waals surface area contributed by atoms with Gasteiger partial charge in [0.05, 0.1) is 12.0 Å². The van der Waals surface area contributed by atoms with E-state index < -0.39 is 27.5 Å². The van der Waals surface area contributed by atoms with Crippen LogP contribution in [0.25, 0.3) is 0 Å². The van der Waals surface area contributed by atoms with Crippen molar-refractivity contribution in [2.45, 2.75) is 29.3 Å². The molecule has 0 saturated carbocycles. The Morgan fingerprint density at radius 1 is 0.842 bits per heavy atom. The van der Waals surface area contributed by atoms with Gasteiger partial charge >= 0.3 is 5.97 Å². The molecule has 194 valence electrons. The average Bonchev–Trinajstić information content (AvgIpc) is 3.49. The first-order valence-corrected chi connectivity index (χ1v) is 14.0. The first-order valence-electron chi connectivity index (χ1n) is 12.6. The topological polar surface area (TPSA) is 79.2 Å². The fourth-order valence-corrected chi connectivity index (χ4v) is 7.73. The molecule has 1 unspecified atom stereocenters. The number of carboxylic acids is 1. The van der Waals surface area contributed by atoms with Crippen LogP contribution in [-0.4, -0.2) is 39.3 Å². The number of carbonyl (C=O) groups is 1. The lowest BCUT2D eigenvalue weighted by Gasteiger charge is -2.35. The van der Waals surface area contributed by atoms with Crippen molar-refractivity contribution in [1.82, 2.24) is 4.31 Å². The molecular formula is C31H30N2O4S. The molecule has 2 atom stereocenters. The maximum atomic E-state index is 15.5. The minimum absolute atomic E-state index is 0.361. The maximum Gasteiger partial charge on any atom is 0.321 e. The Morgan fingerprint density at radius 2 is 1.32 bits per heavy atom. The molecular weight excluding hydrogens is 496 g/mol. The summed E-state index contributed by atoms with van der Waals surface area (Å²) >= 11 is 0. The average molecular weight is 527 g/mol. The van der Waals surface area contributed by atoms with Gasteiger partial charge in [0, 0.05) is 6.54 Å². The number of benzene rings is 4. The minimum Gasteiger partial charge on any atom is -0.497 e. The molecule has 4 aromatic rings. The molecule has 0 radical (unpaired) electrons. The Labute approximate surface area is 223 Å². The van der Waals surface area contributed by atoms with Gasteiger partial charge in [-0.3, -0.25) is 4.79 Å². The van der Waals surface area contributed by atoms with Gasteiger partial charge in [-0.2, -0.15) is 8.67 Å². The smallest absolute Gasteiger partial charge is 0.321 e. The summed E-state index contributed by atoms with van der Waals surface area (Å²) in [4.78, 5) is 12.8. The lowest BCUT2D eigenvalue weighted by atomic mass is 9.78. The minimum atomic E-state index is -3.45. The van der Waals surface area contributed by atoms with Crippen LogP contribution in [0.4, 0.5) is 0 Å². The molecule has 6 nitrogen and oxygen atoms in total. The van der Waals surface area contributed by atoms with Crippen molar-refractivity contribution in [2.75, 3.05) is 13.7 Å². The first kappa shape index (κ1) is 25.7. The summed E-state index contributed by atoms with van der Waals surface area (Å²) in [6, 6.07) is 35.4. The van der Waals surface area contributed by atoms with Crippen LogP contribution in [0.5, 0.6) is 5.75 Å². The number of methoxy groups -OCH3 is 1. The molecule has 1 aliphatic heterocycles. The van der Waals surface area contributed by atoms with Gasteiger partial charge in [0.1, 0.15) is 27.2 Å². The zero-order valence-corrected chi connectivity index (χ0v) is 22.0. The lowest BCUT2D eigenvalue weighted by Crippen LogP contribution is -2.42. The number of carboxylic acid groups (broad SMARTS) is 1. The molecule has 38 heavy (non-hydrogen) atoms. The summed E-state index contributed by atoms with van der Waals surface area (Å²) in [5.74, 6) is -0.379. The third-order valence-corrected chi connectivity index (χ3v) is 9.49. The number of ether oxygens (including phenoxy) is 1. The van der Waals surface area contributed by atoms with Crippen molar-refractivity contribution in [1.29, 1.82) is 0 Å². The predicted octanol–water partition coefficient (Wildman–Crippen LogP) is 5.98. The first-order chi connectivity index (χ1) is 18.5. The molecule has 5 rings (SSSR count). The van der Waals surface area contributed by atoms with E-state index in [1.807, 2.05) is 91.0 Å². The van der Waals surface area contributed by atoms with Gasteiger partial charge in [0.2, 0.25) is 0 Å². The van der Waals surface area contributed by atoms with Gasteiger partial charge in [-0.1, -0.05) is 91.0 Å². The molecule has 1 heterocycles. The second-order valence-electron chi connectivity index (χ2n) is 9.21. The highest BCUT2D eigenvalue weighted by molar-refractivity contribution is 7.91. The fraction of sp³-hybridized carbons (Fsp3) is 0.194.